The van der Waals surface area contributed by atoms with E-state index in [1.54, 1.807) is 12.1 Å². The molecule has 2 aliphatic rings. The van der Waals surface area contributed by atoms with Crippen LogP contribution in [0.2, 0.25) is 0 Å². The summed E-state index contributed by atoms with van der Waals surface area (Å²) in [5.41, 5.74) is 2.14. The quantitative estimate of drug-likeness (QED) is 0.345. The molecule has 5 rings (SSSR count). The molecule has 0 spiro atoms. The topological polar surface area (TPSA) is 105 Å². The third-order valence-electron chi connectivity index (χ3n) is 8.61. The summed E-state index contributed by atoms with van der Waals surface area (Å²) in [5.74, 6) is 0.394. The van der Waals surface area contributed by atoms with Gasteiger partial charge in [0, 0.05) is 18.5 Å². The van der Waals surface area contributed by atoms with Gasteiger partial charge >= 0.3 is 0 Å². The molecule has 2 N–H and O–H groups in total. The standard InChI is InChI=1S/C33H40N4O4S/c1-33(28-14-6-3-7-15-28,31-34-29-16-8-9-17-30(29)42(40,41)35-31)20-24-36-22-18-26(19-23-36)13-10-21-37(32(38)39)25-27-11-4-2-5-12-27/h2-17,26,31,34-35H,18-25H2,1H3,(H,38,39)/p-1. The Balaban J connectivity index is 1.19. The van der Waals surface area contributed by atoms with Crippen LogP contribution in [0.1, 0.15) is 37.3 Å². The van der Waals surface area contributed by atoms with E-state index in [9.17, 15) is 18.3 Å². The van der Waals surface area contributed by atoms with Crippen LogP contribution in [0.15, 0.2) is 102 Å². The molecule has 2 unspecified atom stereocenters. The van der Waals surface area contributed by atoms with Gasteiger partial charge < -0.3 is 25.0 Å². The average Bonchev–Trinajstić information content (AvgIpc) is 3.00. The largest absolute Gasteiger partial charge is 0.530 e. The second-order valence-electron chi connectivity index (χ2n) is 11.5. The van der Waals surface area contributed by atoms with Crippen LogP contribution in [0, 0.1) is 5.92 Å². The van der Waals surface area contributed by atoms with Crippen molar-refractivity contribution in [1.82, 2.24) is 14.5 Å². The van der Waals surface area contributed by atoms with E-state index >= 15 is 0 Å². The number of fused-ring (bicyclic) bond motifs is 1. The van der Waals surface area contributed by atoms with Crippen LogP contribution in [0.25, 0.3) is 0 Å². The maximum absolute atomic E-state index is 13.2. The first-order chi connectivity index (χ1) is 20.2. The van der Waals surface area contributed by atoms with E-state index in [1.807, 2.05) is 66.7 Å². The van der Waals surface area contributed by atoms with E-state index < -0.39 is 27.7 Å². The number of allylic oxidation sites excluding steroid dienone is 1. The number of carboxylic acid groups (broad SMARTS) is 1. The summed E-state index contributed by atoms with van der Waals surface area (Å²) < 4.78 is 29.2. The van der Waals surface area contributed by atoms with Gasteiger partial charge in [0.15, 0.2) is 0 Å². The number of amides is 1. The zero-order chi connectivity index (χ0) is 29.6. The lowest BCUT2D eigenvalue weighted by molar-refractivity contribution is -0.265. The Hall–Kier alpha value is -3.66. The monoisotopic (exact) mass is 587 g/mol. The summed E-state index contributed by atoms with van der Waals surface area (Å²) >= 11 is 0. The van der Waals surface area contributed by atoms with Crippen LogP contribution in [0.5, 0.6) is 0 Å². The van der Waals surface area contributed by atoms with Gasteiger partial charge in [0.2, 0.25) is 10.0 Å². The smallest absolute Gasteiger partial charge is 0.244 e. The first-order valence-corrected chi connectivity index (χ1v) is 16.1. The van der Waals surface area contributed by atoms with Crippen molar-refractivity contribution >= 4 is 21.8 Å². The molecule has 2 heterocycles. The van der Waals surface area contributed by atoms with Crippen molar-refractivity contribution in [3.05, 3.63) is 108 Å². The number of carbonyl (C=O) groups excluding carboxylic acids is 1. The molecule has 222 valence electrons. The lowest BCUT2D eigenvalue weighted by Gasteiger charge is -2.43. The summed E-state index contributed by atoms with van der Waals surface area (Å²) in [7, 11) is -3.65. The second kappa shape index (κ2) is 13.1. The molecule has 0 bridgehead atoms. The van der Waals surface area contributed by atoms with Crippen molar-refractivity contribution in [2.45, 2.75) is 49.2 Å². The number of hydrogen-bond donors (Lipinski definition) is 2. The number of carbonyl (C=O) groups is 1. The summed E-state index contributed by atoms with van der Waals surface area (Å²) in [4.78, 5) is 15.7. The van der Waals surface area contributed by atoms with Crippen molar-refractivity contribution in [2.24, 2.45) is 5.92 Å². The van der Waals surface area contributed by atoms with Crippen LogP contribution in [0.4, 0.5) is 10.5 Å². The Morgan fingerprint density at radius 3 is 2.33 bits per heavy atom. The van der Waals surface area contributed by atoms with Crippen molar-refractivity contribution in [3.8, 4) is 0 Å². The van der Waals surface area contributed by atoms with E-state index in [0.717, 1.165) is 50.0 Å². The fourth-order valence-corrected chi connectivity index (χ4v) is 7.37. The fraction of sp³-hybridized carbons (Fsp3) is 0.364. The number of para-hydroxylation sites is 1. The number of nitrogens with zero attached hydrogens (tertiary/aromatic N) is 2. The van der Waals surface area contributed by atoms with Crippen molar-refractivity contribution < 1.29 is 18.3 Å². The molecular weight excluding hydrogens is 548 g/mol. The summed E-state index contributed by atoms with van der Waals surface area (Å²) in [5, 5.41) is 15.1. The Kier molecular flexibility index (Phi) is 9.30. The van der Waals surface area contributed by atoms with Gasteiger partial charge in [-0.3, -0.25) is 0 Å². The first kappa shape index (κ1) is 29.8. The van der Waals surface area contributed by atoms with Crippen molar-refractivity contribution in [2.75, 3.05) is 31.5 Å². The normalized spacial score (nSPS) is 20.4. The minimum absolute atomic E-state index is 0.273. The second-order valence-corrected chi connectivity index (χ2v) is 13.1. The van der Waals surface area contributed by atoms with Crippen LogP contribution >= 0.6 is 0 Å². The third kappa shape index (κ3) is 7.03. The van der Waals surface area contributed by atoms with E-state index in [0.29, 0.717) is 24.7 Å². The highest BCUT2D eigenvalue weighted by Gasteiger charge is 2.42. The molecule has 1 amide bonds. The molecule has 2 aliphatic heterocycles. The first-order valence-electron chi connectivity index (χ1n) is 14.6. The van der Waals surface area contributed by atoms with Crippen LogP contribution in [-0.4, -0.2) is 56.7 Å². The van der Waals surface area contributed by atoms with Crippen molar-refractivity contribution in [1.29, 1.82) is 0 Å². The number of benzene rings is 3. The molecule has 2 atom stereocenters. The van der Waals surface area contributed by atoms with Crippen molar-refractivity contribution in [3.63, 3.8) is 0 Å². The van der Waals surface area contributed by atoms with Gasteiger partial charge in [-0.1, -0.05) is 91.9 Å². The number of likely N-dealkylation sites (tertiary alicyclic amines) is 1. The molecule has 0 radical (unpaired) electrons. The molecule has 1 fully saturated rings. The fourth-order valence-electron chi connectivity index (χ4n) is 5.93. The Labute approximate surface area is 249 Å². The molecule has 8 nitrogen and oxygen atoms in total. The van der Waals surface area contributed by atoms with Crippen LogP contribution in [0.3, 0.4) is 0 Å². The number of rotatable bonds is 10. The van der Waals surface area contributed by atoms with E-state index in [1.165, 1.54) is 4.90 Å². The number of nitrogens with one attached hydrogen (secondary N) is 2. The Bertz CT molecular complexity index is 1470. The highest BCUT2D eigenvalue weighted by Crippen LogP contribution is 2.37. The van der Waals surface area contributed by atoms with E-state index in [4.69, 9.17) is 0 Å². The minimum atomic E-state index is -3.65. The van der Waals surface area contributed by atoms with Gasteiger partial charge in [0.05, 0.1) is 5.69 Å². The predicted octanol–water partition coefficient (Wildman–Crippen LogP) is 4.18. The molecular formula is C33H39N4O4S-. The van der Waals surface area contributed by atoms with Gasteiger partial charge in [-0.15, -0.1) is 0 Å². The molecule has 42 heavy (non-hydrogen) atoms. The van der Waals surface area contributed by atoms with Gasteiger partial charge in [-0.2, -0.15) is 4.72 Å². The summed E-state index contributed by atoms with van der Waals surface area (Å²) in [6.45, 7) is 5.44. The molecule has 9 heteroatoms. The Morgan fingerprint density at radius 1 is 1.00 bits per heavy atom. The summed E-state index contributed by atoms with van der Waals surface area (Å²) in [6.07, 6.45) is 5.17. The molecule has 0 aliphatic carbocycles. The van der Waals surface area contributed by atoms with E-state index in [2.05, 4.69) is 40.1 Å². The third-order valence-corrected chi connectivity index (χ3v) is 10.1. The lowest BCUT2D eigenvalue weighted by Crippen LogP contribution is -2.57. The molecule has 1 saturated heterocycles. The predicted molar refractivity (Wildman–Crippen MR) is 163 cm³/mol. The average molecular weight is 588 g/mol. The minimum Gasteiger partial charge on any atom is -0.530 e. The van der Waals surface area contributed by atoms with Crippen LogP contribution in [-0.2, 0) is 22.0 Å². The number of hydrogen-bond acceptors (Lipinski definition) is 6. The zero-order valence-corrected chi connectivity index (χ0v) is 24.8. The molecule has 3 aromatic carbocycles. The zero-order valence-electron chi connectivity index (χ0n) is 24.0. The maximum atomic E-state index is 13.2. The molecule has 0 saturated carbocycles. The van der Waals surface area contributed by atoms with Gasteiger partial charge in [-0.25, -0.2) is 8.42 Å². The van der Waals surface area contributed by atoms with E-state index in [-0.39, 0.29) is 4.90 Å². The van der Waals surface area contributed by atoms with Gasteiger partial charge in [0.25, 0.3) is 0 Å². The summed E-state index contributed by atoms with van der Waals surface area (Å²) in [6, 6.07) is 26.7. The molecule has 3 aromatic rings. The number of piperidine rings is 1. The van der Waals surface area contributed by atoms with Gasteiger partial charge in [-0.05, 0) is 68.1 Å². The SMILES string of the molecule is CC(CCN1CCC(C=CCN(Cc2ccccc2)C(=O)[O-])CC1)(c1ccccc1)C1Nc2ccccc2S(=O)(=O)N1. The lowest BCUT2D eigenvalue weighted by atomic mass is 9.76. The maximum Gasteiger partial charge on any atom is 0.244 e. The number of sulfonamides is 1. The Morgan fingerprint density at radius 2 is 1.64 bits per heavy atom. The van der Waals surface area contributed by atoms with Gasteiger partial charge in [0.1, 0.15) is 17.2 Å². The molecule has 0 aromatic heterocycles. The van der Waals surface area contributed by atoms with Crippen LogP contribution < -0.4 is 15.1 Å². The number of anilines is 1. The highest BCUT2D eigenvalue weighted by atomic mass is 32.2. The highest BCUT2D eigenvalue weighted by molar-refractivity contribution is 7.89.